The Balaban J connectivity index is 0.943. The Kier molecular flexibility index (Phi) is 10.3. The molecule has 0 fully saturated rings. The summed E-state index contributed by atoms with van der Waals surface area (Å²) in [5.74, 6) is 0.570. The molecule has 0 aromatic heterocycles. The van der Waals surface area contributed by atoms with Gasteiger partial charge in [-0.25, -0.2) is 0 Å². The fourth-order valence-electron chi connectivity index (χ4n) is 9.79. The van der Waals surface area contributed by atoms with Crippen molar-refractivity contribution in [3.05, 3.63) is 271 Å². The average molecular weight is 806 g/mol. The maximum absolute atomic E-state index is 2.51. The summed E-state index contributed by atoms with van der Waals surface area (Å²) in [6, 6.07) is 79.6. The first kappa shape index (κ1) is 38.2. The van der Waals surface area contributed by atoms with Crippen LogP contribution in [0.4, 0.5) is 17.1 Å². The molecular formula is C62H47N. The molecule has 2 atom stereocenters. The van der Waals surface area contributed by atoms with Gasteiger partial charge in [-0.2, -0.15) is 0 Å². The second kappa shape index (κ2) is 17.0. The van der Waals surface area contributed by atoms with Crippen molar-refractivity contribution >= 4 is 49.8 Å². The van der Waals surface area contributed by atoms with Crippen molar-refractivity contribution in [3.8, 4) is 22.3 Å². The van der Waals surface area contributed by atoms with Crippen molar-refractivity contribution in [1.82, 2.24) is 0 Å². The molecule has 0 aliphatic heterocycles. The highest BCUT2D eigenvalue weighted by atomic mass is 15.1. The van der Waals surface area contributed by atoms with E-state index >= 15 is 0 Å². The van der Waals surface area contributed by atoms with E-state index in [-0.39, 0.29) is 5.92 Å². The van der Waals surface area contributed by atoms with E-state index in [0.29, 0.717) is 5.92 Å². The van der Waals surface area contributed by atoms with Gasteiger partial charge in [-0.15, -0.1) is 0 Å². The second-order valence-corrected chi connectivity index (χ2v) is 16.8. The number of allylic oxidation sites excluding steroid dienone is 8. The first-order chi connectivity index (χ1) is 31.2. The summed E-state index contributed by atoms with van der Waals surface area (Å²) < 4.78 is 0. The summed E-state index contributed by atoms with van der Waals surface area (Å²) in [6.45, 7) is 0. The summed E-state index contributed by atoms with van der Waals surface area (Å²) in [6.07, 6.45) is 14.2. The number of benzene rings is 9. The van der Waals surface area contributed by atoms with Gasteiger partial charge in [0.1, 0.15) is 0 Å². The molecule has 0 spiro atoms. The maximum atomic E-state index is 2.51. The van der Waals surface area contributed by atoms with Crippen LogP contribution >= 0.6 is 0 Å². The molecule has 9 aromatic carbocycles. The van der Waals surface area contributed by atoms with Crippen LogP contribution in [-0.4, -0.2) is 0 Å². The van der Waals surface area contributed by atoms with Gasteiger partial charge in [-0.1, -0.05) is 212 Å². The van der Waals surface area contributed by atoms with Gasteiger partial charge in [0.15, 0.2) is 0 Å². The van der Waals surface area contributed by atoms with Crippen LogP contribution in [-0.2, 0) is 0 Å². The van der Waals surface area contributed by atoms with Crippen LogP contribution in [0.2, 0.25) is 0 Å². The van der Waals surface area contributed by atoms with Crippen LogP contribution in [0.25, 0.3) is 54.9 Å². The Bertz CT molecular complexity index is 3170. The minimum Gasteiger partial charge on any atom is -0.311 e. The fraction of sp³-hybridized carbons (Fsp3) is 0.0645. The minimum atomic E-state index is 0.278. The minimum absolute atomic E-state index is 0.278. The van der Waals surface area contributed by atoms with Gasteiger partial charge in [0.05, 0.1) is 0 Å². The molecule has 0 saturated heterocycles. The zero-order valence-corrected chi connectivity index (χ0v) is 35.2. The Hall–Kier alpha value is -7.74. The number of hydrogen-bond donors (Lipinski definition) is 0. The molecule has 0 radical (unpaired) electrons. The van der Waals surface area contributed by atoms with Crippen LogP contribution in [0.1, 0.15) is 35.4 Å². The number of nitrogens with zero attached hydrogens (tertiary/aromatic N) is 1. The van der Waals surface area contributed by atoms with Gasteiger partial charge in [-0.05, 0) is 127 Å². The SMILES string of the molecule is C1=CC(c2ccccc2)C(C2=CC(c3ccc(N(c4ccc(-c5ccccc5)cc4)c4ccc(-c5cc6ccccc6c6ccccc56)cc4)cc3)=CCC2)C=C1c1ccccc1. The van der Waals surface area contributed by atoms with Crippen molar-refractivity contribution in [2.45, 2.75) is 18.8 Å². The molecule has 0 N–H and O–H groups in total. The normalized spacial score (nSPS) is 16.0. The molecule has 0 heterocycles. The standard InChI is InChI=1S/C62H47N/c1-4-15-44(16-5-1)46-27-34-54(35-28-46)63(56-38-31-49(32-39-56)61-43-53-21-10-11-24-57(53)59-25-12-13-26-60(59)61)55-36-29-47(30-37-55)50-22-14-23-52(41-50)62-42-51(45-17-6-2-7-18-45)33-40-58(62)48-19-8-3-9-20-48/h1-13,15-22,24-43,58,62H,14,23H2. The topological polar surface area (TPSA) is 3.24 Å². The summed E-state index contributed by atoms with van der Waals surface area (Å²) >= 11 is 0. The second-order valence-electron chi connectivity index (χ2n) is 16.8. The molecule has 11 rings (SSSR count). The summed E-state index contributed by atoms with van der Waals surface area (Å²) in [4.78, 5) is 2.38. The van der Waals surface area contributed by atoms with E-state index in [0.717, 1.165) is 29.9 Å². The molecule has 0 amide bonds. The van der Waals surface area contributed by atoms with Crippen LogP contribution in [0, 0.1) is 5.92 Å². The number of anilines is 3. The molecule has 2 unspecified atom stereocenters. The quantitative estimate of drug-likeness (QED) is 0.131. The van der Waals surface area contributed by atoms with E-state index in [1.165, 1.54) is 77.2 Å². The van der Waals surface area contributed by atoms with Crippen LogP contribution in [0.15, 0.2) is 254 Å². The van der Waals surface area contributed by atoms with E-state index in [1.807, 2.05) is 0 Å². The van der Waals surface area contributed by atoms with Gasteiger partial charge in [-0.3, -0.25) is 0 Å². The van der Waals surface area contributed by atoms with Gasteiger partial charge in [0, 0.05) is 28.9 Å². The number of fused-ring (bicyclic) bond motifs is 3. The van der Waals surface area contributed by atoms with E-state index in [9.17, 15) is 0 Å². The highest BCUT2D eigenvalue weighted by Gasteiger charge is 2.27. The molecule has 2 aliphatic rings. The molecule has 1 heteroatoms. The Morgan fingerprint density at radius 2 is 0.905 bits per heavy atom. The summed E-state index contributed by atoms with van der Waals surface area (Å²) in [5.41, 5.74) is 16.2. The highest BCUT2D eigenvalue weighted by molar-refractivity contribution is 6.13. The van der Waals surface area contributed by atoms with E-state index in [4.69, 9.17) is 0 Å². The Labute approximate surface area is 371 Å². The molecular weight excluding hydrogens is 759 g/mol. The predicted octanol–water partition coefficient (Wildman–Crippen LogP) is 17.0. The zero-order chi connectivity index (χ0) is 42.0. The van der Waals surface area contributed by atoms with E-state index in [2.05, 4.69) is 254 Å². The Morgan fingerprint density at radius 1 is 0.397 bits per heavy atom. The predicted molar refractivity (Wildman–Crippen MR) is 269 cm³/mol. The molecule has 300 valence electrons. The van der Waals surface area contributed by atoms with Crippen molar-refractivity contribution < 1.29 is 0 Å². The van der Waals surface area contributed by atoms with E-state index in [1.54, 1.807) is 0 Å². The van der Waals surface area contributed by atoms with Crippen molar-refractivity contribution in [1.29, 1.82) is 0 Å². The highest BCUT2D eigenvalue weighted by Crippen LogP contribution is 2.44. The summed E-state index contributed by atoms with van der Waals surface area (Å²) in [5, 5.41) is 5.09. The third-order valence-corrected chi connectivity index (χ3v) is 13.0. The lowest BCUT2D eigenvalue weighted by molar-refractivity contribution is 0.633. The lowest BCUT2D eigenvalue weighted by Gasteiger charge is -2.31. The monoisotopic (exact) mass is 805 g/mol. The van der Waals surface area contributed by atoms with Crippen molar-refractivity contribution in [2.24, 2.45) is 5.92 Å². The van der Waals surface area contributed by atoms with Gasteiger partial charge in [0.2, 0.25) is 0 Å². The first-order valence-electron chi connectivity index (χ1n) is 22.2. The molecule has 0 saturated carbocycles. The van der Waals surface area contributed by atoms with Crippen molar-refractivity contribution in [2.75, 3.05) is 4.90 Å². The molecule has 1 nitrogen and oxygen atoms in total. The zero-order valence-electron chi connectivity index (χ0n) is 35.2. The van der Waals surface area contributed by atoms with Crippen LogP contribution < -0.4 is 4.90 Å². The molecule has 0 bridgehead atoms. The fourth-order valence-corrected chi connectivity index (χ4v) is 9.79. The van der Waals surface area contributed by atoms with Crippen LogP contribution in [0.3, 0.4) is 0 Å². The molecule has 63 heavy (non-hydrogen) atoms. The third-order valence-electron chi connectivity index (χ3n) is 13.0. The van der Waals surface area contributed by atoms with E-state index < -0.39 is 0 Å². The lowest BCUT2D eigenvalue weighted by atomic mass is 9.73. The summed E-state index contributed by atoms with van der Waals surface area (Å²) in [7, 11) is 0. The third kappa shape index (κ3) is 7.64. The first-order valence-corrected chi connectivity index (χ1v) is 22.2. The van der Waals surface area contributed by atoms with Crippen molar-refractivity contribution in [3.63, 3.8) is 0 Å². The molecule has 9 aromatic rings. The smallest absolute Gasteiger partial charge is 0.0462 e. The van der Waals surface area contributed by atoms with Gasteiger partial charge in [0.25, 0.3) is 0 Å². The van der Waals surface area contributed by atoms with Gasteiger partial charge >= 0.3 is 0 Å². The lowest BCUT2D eigenvalue weighted by Crippen LogP contribution is -2.16. The van der Waals surface area contributed by atoms with Crippen LogP contribution in [0.5, 0.6) is 0 Å². The van der Waals surface area contributed by atoms with Gasteiger partial charge < -0.3 is 4.90 Å². The number of rotatable bonds is 9. The largest absolute Gasteiger partial charge is 0.311 e. The average Bonchev–Trinajstić information content (AvgIpc) is 3.37. The number of hydrogen-bond acceptors (Lipinski definition) is 1. The Morgan fingerprint density at radius 3 is 1.57 bits per heavy atom. The molecule has 2 aliphatic carbocycles. The maximum Gasteiger partial charge on any atom is 0.0462 e.